The van der Waals surface area contributed by atoms with Crippen LogP contribution in [0.4, 0.5) is 5.69 Å². The SMILES string of the molecule is NC(=O)c1ccc(=O)n(-c2cccc(NC3CC3)c2)c1. The summed E-state index contributed by atoms with van der Waals surface area (Å²) in [4.78, 5) is 23.1. The number of benzene rings is 1. The molecule has 0 aliphatic heterocycles. The summed E-state index contributed by atoms with van der Waals surface area (Å²) in [5.41, 5.74) is 7.05. The van der Waals surface area contributed by atoms with E-state index >= 15 is 0 Å². The minimum absolute atomic E-state index is 0.196. The summed E-state index contributed by atoms with van der Waals surface area (Å²) in [6.07, 6.45) is 3.84. The largest absolute Gasteiger partial charge is 0.382 e. The zero-order valence-corrected chi connectivity index (χ0v) is 10.9. The van der Waals surface area contributed by atoms with Gasteiger partial charge in [-0.15, -0.1) is 0 Å². The maximum atomic E-state index is 11.9. The van der Waals surface area contributed by atoms with Gasteiger partial charge in [0, 0.05) is 24.0 Å². The van der Waals surface area contributed by atoms with E-state index in [0.717, 1.165) is 5.69 Å². The standard InChI is InChI=1S/C15H15N3O2/c16-15(20)10-4-7-14(19)18(9-10)13-3-1-2-12(8-13)17-11-5-6-11/h1-4,7-9,11,17H,5-6H2,(H2,16,20). The monoisotopic (exact) mass is 269 g/mol. The fraction of sp³-hybridized carbons (Fsp3) is 0.200. The topological polar surface area (TPSA) is 77.1 Å². The molecule has 1 aromatic carbocycles. The van der Waals surface area contributed by atoms with Crippen molar-refractivity contribution in [2.45, 2.75) is 18.9 Å². The molecular weight excluding hydrogens is 254 g/mol. The lowest BCUT2D eigenvalue weighted by Crippen LogP contribution is -2.21. The van der Waals surface area contributed by atoms with Gasteiger partial charge in [-0.3, -0.25) is 14.2 Å². The van der Waals surface area contributed by atoms with Crippen LogP contribution in [-0.2, 0) is 0 Å². The number of nitrogens with two attached hydrogens (primary N) is 1. The van der Waals surface area contributed by atoms with Crippen molar-refractivity contribution < 1.29 is 4.79 Å². The van der Waals surface area contributed by atoms with E-state index in [1.165, 1.54) is 35.7 Å². The summed E-state index contributed by atoms with van der Waals surface area (Å²) in [6.45, 7) is 0. The van der Waals surface area contributed by atoms with Crippen LogP contribution in [0, 0.1) is 0 Å². The van der Waals surface area contributed by atoms with Gasteiger partial charge in [0.25, 0.3) is 5.56 Å². The summed E-state index contributed by atoms with van der Waals surface area (Å²) < 4.78 is 1.43. The van der Waals surface area contributed by atoms with Gasteiger partial charge in [0.1, 0.15) is 0 Å². The summed E-state index contributed by atoms with van der Waals surface area (Å²) >= 11 is 0. The van der Waals surface area contributed by atoms with E-state index in [2.05, 4.69) is 5.32 Å². The first-order valence-corrected chi connectivity index (χ1v) is 6.53. The maximum Gasteiger partial charge on any atom is 0.255 e. The van der Waals surface area contributed by atoms with Gasteiger partial charge in [0.2, 0.25) is 5.91 Å². The zero-order chi connectivity index (χ0) is 14.1. The number of nitrogens with zero attached hydrogens (tertiary/aromatic N) is 1. The Balaban J connectivity index is 2.00. The Morgan fingerprint density at radius 2 is 2.05 bits per heavy atom. The average Bonchev–Trinajstić information content (AvgIpc) is 3.23. The number of hydrogen-bond acceptors (Lipinski definition) is 3. The van der Waals surface area contributed by atoms with Gasteiger partial charge in [-0.05, 0) is 37.1 Å². The van der Waals surface area contributed by atoms with E-state index in [4.69, 9.17) is 5.73 Å². The van der Waals surface area contributed by atoms with Gasteiger partial charge in [-0.25, -0.2) is 0 Å². The molecule has 0 atom stereocenters. The third-order valence-electron chi connectivity index (χ3n) is 3.27. The molecule has 102 valence electrons. The van der Waals surface area contributed by atoms with Crippen LogP contribution in [0.5, 0.6) is 0 Å². The molecule has 5 heteroatoms. The molecule has 1 heterocycles. The molecule has 2 aromatic rings. The zero-order valence-electron chi connectivity index (χ0n) is 10.9. The third kappa shape index (κ3) is 2.56. The summed E-state index contributed by atoms with van der Waals surface area (Å²) in [7, 11) is 0. The molecule has 1 saturated carbocycles. The smallest absolute Gasteiger partial charge is 0.255 e. The Kier molecular flexibility index (Phi) is 3.02. The van der Waals surface area contributed by atoms with Crippen molar-refractivity contribution in [2.75, 3.05) is 5.32 Å². The molecule has 5 nitrogen and oxygen atoms in total. The summed E-state index contributed by atoms with van der Waals surface area (Å²) in [6, 6.07) is 10.9. The predicted octanol–water partition coefficient (Wildman–Crippen LogP) is 1.51. The third-order valence-corrected chi connectivity index (χ3v) is 3.27. The van der Waals surface area contributed by atoms with Crippen LogP contribution in [0.25, 0.3) is 5.69 Å². The number of rotatable bonds is 4. The van der Waals surface area contributed by atoms with Crippen LogP contribution in [0.2, 0.25) is 0 Å². The number of carbonyl (C=O) groups is 1. The molecule has 0 spiro atoms. The van der Waals surface area contributed by atoms with Gasteiger partial charge in [0.15, 0.2) is 0 Å². The van der Waals surface area contributed by atoms with Crippen LogP contribution < -0.4 is 16.6 Å². The second-order valence-corrected chi connectivity index (χ2v) is 4.96. The second-order valence-electron chi connectivity index (χ2n) is 4.96. The number of pyridine rings is 1. The van der Waals surface area contributed by atoms with Gasteiger partial charge in [-0.2, -0.15) is 0 Å². The van der Waals surface area contributed by atoms with Crippen LogP contribution in [0.3, 0.4) is 0 Å². The molecule has 0 saturated heterocycles. The molecule has 0 radical (unpaired) electrons. The van der Waals surface area contributed by atoms with Crippen LogP contribution in [0.15, 0.2) is 47.4 Å². The second kappa shape index (κ2) is 4.85. The highest BCUT2D eigenvalue weighted by Gasteiger charge is 2.20. The maximum absolute atomic E-state index is 11.9. The highest BCUT2D eigenvalue weighted by Crippen LogP contribution is 2.25. The Morgan fingerprint density at radius 3 is 2.75 bits per heavy atom. The summed E-state index contributed by atoms with van der Waals surface area (Å²) in [5.74, 6) is -0.550. The van der Waals surface area contributed by atoms with E-state index in [1.807, 2.05) is 24.3 Å². The molecule has 1 aromatic heterocycles. The molecule has 3 rings (SSSR count). The highest BCUT2D eigenvalue weighted by atomic mass is 16.1. The average molecular weight is 269 g/mol. The van der Waals surface area contributed by atoms with E-state index in [1.54, 1.807) is 0 Å². The number of anilines is 1. The van der Waals surface area contributed by atoms with Crippen molar-refractivity contribution in [1.29, 1.82) is 0 Å². The van der Waals surface area contributed by atoms with Crippen molar-refractivity contribution in [2.24, 2.45) is 5.73 Å². The van der Waals surface area contributed by atoms with Crippen LogP contribution >= 0.6 is 0 Å². The van der Waals surface area contributed by atoms with Gasteiger partial charge >= 0.3 is 0 Å². The minimum atomic E-state index is -0.550. The van der Waals surface area contributed by atoms with Crippen LogP contribution in [-0.4, -0.2) is 16.5 Å². The Labute approximate surface area is 116 Å². The molecule has 1 amide bonds. The van der Waals surface area contributed by atoms with Crippen molar-refractivity contribution in [1.82, 2.24) is 4.57 Å². The number of primary amides is 1. The molecule has 1 fully saturated rings. The lowest BCUT2D eigenvalue weighted by molar-refractivity contribution is 0.0999. The molecule has 0 bridgehead atoms. The quantitative estimate of drug-likeness (QED) is 0.883. The van der Waals surface area contributed by atoms with Crippen molar-refractivity contribution in [3.05, 3.63) is 58.5 Å². The molecule has 0 unspecified atom stereocenters. The lowest BCUT2D eigenvalue weighted by Gasteiger charge is -2.10. The number of aromatic nitrogens is 1. The molecular formula is C15H15N3O2. The van der Waals surface area contributed by atoms with Crippen molar-refractivity contribution in [3.63, 3.8) is 0 Å². The fourth-order valence-corrected chi connectivity index (χ4v) is 2.04. The van der Waals surface area contributed by atoms with Crippen molar-refractivity contribution >= 4 is 11.6 Å². The van der Waals surface area contributed by atoms with E-state index in [9.17, 15) is 9.59 Å². The fourth-order valence-electron chi connectivity index (χ4n) is 2.04. The highest BCUT2D eigenvalue weighted by molar-refractivity contribution is 5.92. The lowest BCUT2D eigenvalue weighted by atomic mass is 10.2. The first-order chi connectivity index (χ1) is 9.63. The number of amides is 1. The van der Waals surface area contributed by atoms with Crippen molar-refractivity contribution in [3.8, 4) is 5.69 Å². The molecule has 3 N–H and O–H groups in total. The molecule has 20 heavy (non-hydrogen) atoms. The van der Waals surface area contributed by atoms with E-state index in [0.29, 0.717) is 17.3 Å². The Hall–Kier alpha value is -2.56. The Bertz CT molecular complexity index is 717. The minimum Gasteiger partial charge on any atom is -0.382 e. The predicted molar refractivity (Wildman–Crippen MR) is 77.2 cm³/mol. The van der Waals surface area contributed by atoms with E-state index < -0.39 is 5.91 Å². The Morgan fingerprint density at radius 1 is 1.25 bits per heavy atom. The first kappa shape index (κ1) is 12.5. The normalized spacial score (nSPS) is 14.0. The summed E-state index contributed by atoms with van der Waals surface area (Å²) in [5, 5.41) is 3.38. The number of nitrogens with one attached hydrogen (secondary N) is 1. The van der Waals surface area contributed by atoms with Gasteiger partial charge in [0.05, 0.1) is 11.3 Å². The van der Waals surface area contributed by atoms with Gasteiger partial charge < -0.3 is 11.1 Å². The first-order valence-electron chi connectivity index (χ1n) is 6.53. The van der Waals surface area contributed by atoms with Crippen LogP contribution in [0.1, 0.15) is 23.2 Å². The number of carbonyl (C=O) groups excluding carboxylic acids is 1. The number of hydrogen-bond donors (Lipinski definition) is 2. The van der Waals surface area contributed by atoms with Gasteiger partial charge in [-0.1, -0.05) is 6.07 Å². The van der Waals surface area contributed by atoms with E-state index in [-0.39, 0.29) is 5.56 Å². The molecule has 1 aliphatic rings. The molecule has 1 aliphatic carbocycles.